The lowest BCUT2D eigenvalue weighted by Crippen LogP contribution is -2.48. The van der Waals surface area contributed by atoms with E-state index in [1.807, 2.05) is 25.4 Å². The van der Waals surface area contributed by atoms with Gasteiger partial charge in [-0.25, -0.2) is 4.98 Å². The molecule has 1 aromatic carbocycles. The molecule has 0 unspecified atom stereocenters. The fourth-order valence-electron chi connectivity index (χ4n) is 7.18. The second-order valence-corrected chi connectivity index (χ2v) is 14.2. The van der Waals surface area contributed by atoms with E-state index in [0.29, 0.717) is 38.5 Å². The largest absolute Gasteiger partial charge is 0.476 e. The number of carbonyl (C=O) groups is 1. The number of hydrogen-bond donors (Lipinski definition) is 2. The summed E-state index contributed by atoms with van der Waals surface area (Å²) in [6.07, 6.45) is 10.9. The lowest BCUT2D eigenvalue weighted by molar-refractivity contribution is -0.125. The number of benzene rings is 1. The van der Waals surface area contributed by atoms with Crippen LogP contribution < -0.4 is 19.7 Å². The molecule has 2 saturated heterocycles. The first-order chi connectivity index (χ1) is 21.4. The number of likely N-dealkylation sites (tertiary alicyclic amines) is 1. The third kappa shape index (κ3) is 5.31. The highest BCUT2D eigenvalue weighted by atomic mass is 32.2. The number of hydrogen-bond acceptors (Lipinski definition) is 8. The third-order valence-electron chi connectivity index (χ3n) is 9.75. The van der Waals surface area contributed by atoms with Crippen LogP contribution >= 0.6 is 0 Å². The summed E-state index contributed by atoms with van der Waals surface area (Å²) < 4.78 is 37.2. The van der Waals surface area contributed by atoms with Gasteiger partial charge in [-0.1, -0.05) is 18.9 Å². The maximum Gasteiger partial charge on any atom is 0.301 e. The van der Waals surface area contributed by atoms with Crippen LogP contribution in [0.15, 0.2) is 36.7 Å². The van der Waals surface area contributed by atoms with Crippen LogP contribution in [0.2, 0.25) is 0 Å². The van der Waals surface area contributed by atoms with Gasteiger partial charge in [0.25, 0.3) is 0 Å². The number of ether oxygens (including phenoxy) is 1. The molecule has 3 aliphatic heterocycles. The Morgan fingerprint density at radius 1 is 0.977 bits per heavy atom. The summed E-state index contributed by atoms with van der Waals surface area (Å²) in [6, 6.07) is 7.81. The molecule has 3 fully saturated rings. The van der Waals surface area contributed by atoms with Gasteiger partial charge in [0, 0.05) is 62.5 Å². The van der Waals surface area contributed by atoms with Crippen LogP contribution in [0.5, 0.6) is 5.88 Å². The van der Waals surface area contributed by atoms with Crippen molar-refractivity contribution in [3.05, 3.63) is 42.2 Å². The lowest BCUT2D eigenvalue weighted by Gasteiger charge is -2.37. The van der Waals surface area contributed by atoms with Gasteiger partial charge in [-0.05, 0) is 69.0 Å². The number of anilines is 2. The first kappa shape index (κ1) is 29.4. The van der Waals surface area contributed by atoms with Crippen LogP contribution in [-0.4, -0.2) is 93.0 Å². The first-order valence-corrected chi connectivity index (χ1v) is 17.4. The molecule has 0 atom stereocenters. The van der Waals surface area contributed by atoms with Crippen molar-refractivity contribution < 1.29 is 17.9 Å². The summed E-state index contributed by atoms with van der Waals surface area (Å²) in [7, 11) is -1.98. The molecule has 2 N–H and O–H groups in total. The highest BCUT2D eigenvalue weighted by Gasteiger charge is 2.54. The lowest BCUT2D eigenvalue weighted by atomic mass is 9.64. The molecule has 1 amide bonds. The summed E-state index contributed by atoms with van der Waals surface area (Å²) in [5.41, 5.74) is 4.24. The van der Waals surface area contributed by atoms with E-state index in [0.717, 1.165) is 78.6 Å². The van der Waals surface area contributed by atoms with E-state index in [9.17, 15) is 13.2 Å². The number of piperazine rings is 1. The second kappa shape index (κ2) is 11.9. The number of fused-ring (bicyclic) bond motifs is 4. The number of likely N-dealkylation sites (N-methyl/N-ethyl adjacent to an activating group) is 1. The molecular formula is C32H41N7O4S. The molecular weight excluding hydrogens is 578 g/mol. The Morgan fingerprint density at radius 3 is 2.52 bits per heavy atom. The molecule has 11 nitrogen and oxygen atoms in total. The quantitative estimate of drug-likeness (QED) is 0.350. The van der Waals surface area contributed by atoms with Crippen molar-refractivity contribution in [1.82, 2.24) is 24.5 Å². The fraction of sp³-hybridized carbons (Fsp3) is 0.531. The van der Waals surface area contributed by atoms with E-state index in [-0.39, 0.29) is 11.8 Å². The molecule has 0 bridgehead atoms. The van der Waals surface area contributed by atoms with Gasteiger partial charge in [-0.3, -0.25) is 14.5 Å². The Morgan fingerprint density at radius 2 is 1.77 bits per heavy atom. The SMILES string of the molecule is CN1C(=O)C2(CCC2)c2c1cnc1ccc(-c3cnc(OCCCN4CCCCC4)c(NS(=O)(=O)N4CCNCC4)c3)cc21. The first-order valence-electron chi connectivity index (χ1n) is 15.9. The molecule has 0 radical (unpaired) electrons. The molecule has 234 valence electrons. The minimum Gasteiger partial charge on any atom is -0.476 e. The summed E-state index contributed by atoms with van der Waals surface area (Å²) in [4.78, 5) is 26.8. The smallest absolute Gasteiger partial charge is 0.301 e. The van der Waals surface area contributed by atoms with Gasteiger partial charge in [-0.15, -0.1) is 0 Å². The normalized spacial score (nSPS) is 20.6. The number of amides is 1. The minimum absolute atomic E-state index is 0.145. The molecule has 7 rings (SSSR count). The van der Waals surface area contributed by atoms with Gasteiger partial charge in [-0.2, -0.15) is 12.7 Å². The van der Waals surface area contributed by atoms with E-state index >= 15 is 0 Å². The van der Waals surface area contributed by atoms with Crippen LogP contribution in [0.25, 0.3) is 22.0 Å². The predicted molar refractivity (Wildman–Crippen MR) is 171 cm³/mol. The summed E-state index contributed by atoms with van der Waals surface area (Å²) in [5.74, 6) is 0.418. The van der Waals surface area contributed by atoms with Crippen molar-refractivity contribution in [3.63, 3.8) is 0 Å². The predicted octanol–water partition coefficient (Wildman–Crippen LogP) is 3.51. The average Bonchev–Trinajstić information content (AvgIpc) is 3.27. The van der Waals surface area contributed by atoms with Crippen LogP contribution in [0.1, 0.15) is 50.5 Å². The molecule has 1 saturated carbocycles. The van der Waals surface area contributed by atoms with Gasteiger partial charge in [0.2, 0.25) is 11.8 Å². The monoisotopic (exact) mass is 619 g/mol. The van der Waals surface area contributed by atoms with Gasteiger partial charge >= 0.3 is 10.2 Å². The zero-order chi connectivity index (χ0) is 30.3. The maximum atomic E-state index is 13.4. The molecule has 12 heteroatoms. The third-order valence-corrected chi connectivity index (χ3v) is 11.3. The molecule has 44 heavy (non-hydrogen) atoms. The Kier molecular flexibility index (Phi) is 7.94. The Labute approximate surface area is 259 Å². The zero-order valence-electron chi connectivity index (χ0n) is 25.3. The van der Waals surface area contributed by atoms with Crippen molar-refractivity contribution >= 4 is 38.4 Å². The van der Waals surface area contributed by atoms with Crippen molar-refractivity contribution in [3.8, 4) is 17.0 Å². The van der Waals surface area contributed by atoms with Gasteiger partial charge in [0.15, 0.2) is 0 Å². The summed E-state index contributed by atoms with van der Waals surface area (Å²) >= 11 is 0. The summed E-state index contributed by atoms with van der Waals surface area (Å²) in [5, 5.41) is 4.16. The van der Waals surface area contributed by atoms with Crippen molar-refractivity contribution in [2.24, 2.45) is 0 Å². The van der Waals surface area contributed by atoms with E-state index in [1.165, 1.54) is 23.6 Å². The number of carbonyl (C=O) groups excluding carboxylic acids is 1. The van der Waals surface area contributed by atoms with Gasteiger partial charge < -0.3 is 19.9 Å². The molecule has 1 aliphatic carbocycles. The Balaban J connectivity index is 1.20. The topological polar surface area (TPSA) is 120 Å². The molecule has 3 aromatic rings. The fourth-order valence-corrected chi connectivity index (χ4v) is 8.39. The standard InChI is InChI=1S/C32H41N7O4S/c1-37-28-22-34-26-8-7-23(19-25(26)29(28)32(31(37)40)9-5-10-32)24-20-27(36-44(41,42)39-16-11-33-12-17-39)30(35-21-24)43-18-6-15-38-13-3-2-4-14-38/h7-8,19-22,33,36H,2-6,9-18H2,1H3. The number of aromatic nitrogens is 2. The average molecular weight is 620 g/mol. The Hall–Kier alpha value is -3.32. The van der Waals surface area contributed by atoms with Crippen LogP contribution in [0, 0.1) is 0 Å². The molecule has 2 aromatic heterocycles. The number of nitrogens with one attached hydrogen (secondary N) is 2. The minimum atomic E-state index is -3.81. The number of pyridine rings is 2. The van der Waals surface area contributed by atoms with E-state index in [4.69, 9.17) is 4.74 Å². The van der Waals surface area contributed by atoms with E-state index in [1.54, 1.807) is 17.2 Å². The van der Waals surface area contributed by atoms with Crippen molar-refractivity contribution in [2.75, 3.05) is 69.1 Å². The van der Waals surface area contributed by atoms with Crippen LogP contribution in [0.3, 0.4) is 0 Å². The van der Waals surface area contributed by atoms with E-state index < -0.39 is 15.6 Å². The van der Waals surface area contributed by atoms with Crippen molar-refractivity contribution in [1.29, 1.82) is 0 Å². The molecule has 4 aliphatic rings. The highest BCUT2D eigenvalue weighted by molar-refractivity contribution is 7.90. The number of nitrogens with zero attached hydrogens (tertiary/aromatic N) is 5. The maximum absolute atomic E-state index is 13.4. The Bertz CT molecular complexity index is 1660. The van der Waals surface area contributed by atoms with Gasteiger partial charge in [0.1, 0.15) is 5.69 Å². The van der Waals surface area contributed by atoms with Crippen LogP contribution in [0.4, 0.5) is 11.4 Å². The molecule has 5 heterocycles. The highest BCUT2D eigenvalue weighted by Crippen LogP contribution is 2.55. The second-order valence-electron chi connectivity index (χ2n) is 12.5. The van der Waals surface area contributed by atoms with Gasteiger partial charge in [0.05, 0.1) is 29.4 Å². The summed E-state index contributed by atoms with van der Waals surface area (Å²) in [6.45, 7) is 5.65. The van der Waals surface area contributed by atoms with Crippen LogP contribution in [-0.2, 0) is 20.4 Å². The molecule has 1 spiro atoms. The van der Waals surface area contributed by atoms with Crippen molar-refractivity contribution in [2.45, 2.75) is 50.4 Å². The van der Waals surface area contributed by atoms with E-state index in [2.05, 4.69) is 31.0 Å². The number of rotatable bonds is 9. The zero-order valence-corrected chi connectivity index (χ0v) is 26.2. The number of piperidine rings is 1.